The summed E-state index contributed by atoms with van der Waals surface area (Å²) in [6.45, 7) is 2.52. The summed E-state index contributed by atoms with van der Waals surface area (Å²) < 4.78 is 20.0. The molecular formula is C23H24FN3O2S. The van der Waals surface area contributed by atoms with Gasteiger partial charge in [-0.1, -0.05) is 23.5 Å². The van der Waals surface area contributed by atoms with E-state index in [0.717, 1.165) is 35.4 Å². The van der Waals surface area contributed by atoms with Gasteiger partial charge in [0.1, 0.15) is 11.6 Å². The fourth-order valence-corrected chi connectivity index (χ4v) is 5.69. The van der Waals surface area contributed by atoms with Gasteiger partial charge in [0.15, 0.2) is 0 Å². The molecule has 2 aliphatic heterocycles. The third-order valence-electron chi connectivity index (χ3n) is 6.12. The number of carbonyl (C=O) groups excluding carboxylic acids is 1. The van der Waals surface area contributed by atoms with Crippen molar-refractivity contribution in [3.8, 4) is 10.9 Å². The van der Waals surface area contributed by atoms with E-state index in [-0.39, 0.29) is 11.7 Å². The number of hydrogen-bond donors (Lipinski definition) is 1. The molecular weight excluding hydrogens is 401 g/mol. The molecule has 0 spiro atoms. The monoisotopic (exact) mass is 425 g/mol. The van der Waals surface area contributed by atoms with Crippen LogP contribution in [0.25, 0.3) is 10.2 Å². The number of nitrogens with zero attached hydrogens (tertiary/aromatic N) is 2. The van der Waals surface area contributed by atoms with Gasteiger partial charge in [0.2, 0.25) is 5.91 Å². The van der Waals surface area contributed by atoms with Gasteiger partial charge in [-0.15, -0.1) is 0 Å². The van der Waals surface area contributed by atoms with Crippen LogP contribution in [0.2, 0.25) is 0 Å². The predicted molar refractivity (Wildman–Crippen MR) is 115 cm³/mol. The third kappa shape index (κ3) is 4.04. The normalized spacial score (nSPS) is 23.6. The predicted octanol–water partition coefficient (Wildman–Crippen LogP) is 4.86. The summed E-state index contributed by atoms with van der Waals surface area (Å²) in [5.74, 6) is 0.532. The van der Waals surface area contributed by atoms with Gasteiger partial charge in [0.05, 0.1) is 10.2 Å². The summed E-state index contributed by atoms with van der Waals surface area (Å²) in [4.78, 5) is 18.4. The molecule has 2 atom stereocenters. The standard InChI is InChI=1S/C23H24FN3O2S/c1-14(28)25-17-11-18-5-6-19(12-17)27(18)13-15-2-7-20(8-3-15)29-23-26-21-9-4-16(24)10-22(21)30-23/h2-4,7-10,17-19H,5-6,11-13H2,1H3,(H,25,28). The molecule has 2 aromatic carbocycles. The summed E-state index contributed by atoms with van der Waals surface area (Å²) in [7, 11) is 0. The van der Waals surface area contributed by atoms with Crippen LogP contribution in [0.15, 0.2) is 42.5 Å². The summed E-state index contributed by atoms with van der Waals surface area (Å²) in [6.07, 6.45) is 4.49. The van der Waals surface area contributed by atoms with E-state index in [1.807, 2.05) is 12.1 Å². The molecule has 3 aromatic rings. The van der Waals surface area contributed by atoms with E-state index in [1.165, 1.54) is 41.9 Å². The highest BCUT2D eigenvalue weighted by Crippen LogP contribution is 2.37. The lowest BCUT2D eigenvalue weighted by molar-refractivity contribution is -0.120. The van der Waals surface area contributed by atoms with Crippen LogP contribution in [0.3, 0.4) is 0 Å². The number of halogens is 1. The van der Waals surface area contributed by atoms with Crippen LogP contribution < -0.4 is 10.1 Å². The second-order valence-corrected chi connectivity index (χ2v) is 9.26. The van der Waals surface area contributed by atoms with Crippen LogP contribution in [0.4, 0.5) is 4.39 Å². The molecule has 0 saturated carbocycles. The number of thiazole rings is 1. The van der Waals surface area contributed by atoms with E-state index >= 15 is 0 Å². The van der Waals surface area contributed by atoms with Gasteiger partial charge >= 0.3 is 0 Å². The molecule has 5 nitrogen and oxygen atoms in total. The van der Waals surface area contributed by atoms with E-state index < -0.39 is 0 Å². The van der Waals surface area contributed by atoms with Crippen LogP contribution in [0, 0.1) is 5.82 Å². The van der Waals surface area contributed by atoms with Crippen molar-refractivity contribution in [2.24, 2.45) is 0 Å². The van der Waals surface area contributed by atoms with E-state index in [0.29, 0.717) is 23.3 Å². The van der Waals surface area contributed by atoms with E-state index in [9.17, 15) is 9.18 Å². The summed E-state index contributed by atoms with van der Waals surface area (Å²) in [5, 5.41) is 3.62. The Balaban J connectivity index is 1.23. The molecule has 2 aliphatic rings. The van der Waals surface area contributed by atoms with Gasteiger partial charge in [-0.05, 0) is 61.6 Å². The van der Waals surface area contributed by atoms with Crippen molar-refractivity contribution in [2.75, 3.05) is 0 Å². The summed E-state index contributed by atoms with van der Waals surface area (Å²) >= 11 is 1.34. The molecule has 1 N–H and O–H groups in total. The van der Waals surface area contributed by atoms with Gasteiger partial charge in [0.25, 0.3) is 5.19 Å². The maximum Gasteiger partial charge on any atom is 0.279 e. The zero-order valence-electron chi connectivity index (χ0n) is 16.8. The molecule has 156 valence electrons. The molecule has 3 heterocycles. The van der Waals surface area contributed by atoms with Crippen LogP contribution in [0.5, 0.6) is 10.9 Å². The molecule has 0 radical (unpaired) electrons. The smallest absolute Gasteiger partial charge is 0.279 e. The number of piperidine rings is 1. The Morgan fingerprint density at radius 2 is 1.93 bits per heavy atom. The van der Waals surface area contributed by atoms with Gasteiger partial charge < -0.3 is 10.1 Å². The number of ether oxygens (including phenoxy) is 1. The lowest BCUT2D eigenvalue weighted by atomic mass is 9.96. The Hall–Kier alpha value is -2.51. The SMILES string of the molecule is CC(=O)NC1CC2CCC(C1)N2Cc1ccc(Oc2nc3ccc(F)cc3s2)cc1. The number of rotatable bonds is 5. The molecule has 1 aromatic heterocycles. The maximum atomic E-state index is 13.4. The molecule has 2 saturated heterocycles. The Kier molecular flexibility index (Phi) is 5.16. The second kappa shape index (κ2) is 7.96. The quantitative estimate of drug-likeness (QED) is 0.634. The number of aromatic nitrogens is 1. The summed E-state index contributed by atoms with van der Waals surface area (Å²) in [5.41, 5.74) is 2.00. The highest BCUT2D eigenvalue weighted by atomic mass is 32.1. The lowest BCUT2D eigenvalue weighted by Crippen LogP contribution is -2.49. The van der Waals surface area contributed by atoms with E-state index in [4.69, 9.17) is 4.74 Å². The molecule has 30 heavy (non-hydrogen) atoms. The van der Waals surface area contributed by atoms with Crippen molar-refractivity contribution >= 4 is 27.5 Å². The van der Waals surface area contributed by atoms with Crippen LogP contribution in [-0.2, 0) is 11.3 Å². The number of benzene rings is 2. The molecule has 2 unspecified atom stereocenters. The van der Waals surface area contributed by atoms with Gasteiger partial charge in [-0.3, -0.25) is 9.69 Å². The van der Waals surface area contributed by atoms with Crippen LogP contribution >= 0.6 is 11.3 Å². The zero-order valence-corrected chi connectivity index (χ0v) is 17.6. The van der Waals surface area contributed by atoms with Crippen molar-refractivity contribution in [3.63, 3.8) is 0 Å². The highest BCUT2D eigenvalue weighted by Gasteiger charge is 2.40. The van der Waals surface area contributed by atoms with Crippen molar-refractivity contribution < 1.29 is 13.9 Å². The van der Waals surface area contributed by atoms with Gasteiger partial charge in [0, 0.05) is 31.6 Å². The highest BCUT2D eigenvalue weighted by molar-refractivity contribution is 7.20. The number of fused-ring (bicyclic) bond motifs is 3. The average molecular weight is 426 g/mol. The second-order valence-electron chi connectivity index (χ2n) is 8.26. The molecule has 1 amide bonds. The Bertz CT molecular complexity index is 1050. The first kappa shape index (κ1) is 19.5. The number of hydrogen-bond acceptors (Lipinski definition) is 5. The molecule has 2 fully saturated rings. The largest absolute Gasteiger partial charge is 0.431 e. The maximum absolute atomic E-state index is 13.4. The topological polar surface area (TPSA) is 54.5 Å². The van der Waals surface area contributed by atoms with E-state index in [1.54, 1.807) is 13.0 Å². The zero-order chi connectivity index (χ0) is 20.7. The Labute approximate surface area is 178 Å². The first-order valence-electron chi connectivity index (χ1n) is 10.4. The summed E-state index contributed by atoms with van der Waals surface area (Å²) in [6, 6.07) is 14.1. The van der Waals surface area contributed by atoms with Crippen molar-refractivity contribution in [1.29, 1.82) is 0 Å². The number of carbonyl (C=O) groups is 1. The lowest BCUT2D eigenvalue weighted by Gasteiger charge is -2.39. The fourth-order valence-electron chi connectivity index (χ4n) is 4.83. The van der Waals surface area contributed by atoms with Gasteiger partial charge in [-0.2, -0.15) is 0 Å². The van der Waals surface area contributed by atoms with Gasteiger partial charge in [-0.25, -0.2) is 9.37 Å². The minimum absolute atomic E-state index is 0.0710. The minimum atomic E-state index is -0.267. The number of nitrogens with one attached hydrogen (secondary N) is 1. The number of amides is 1. The van der Waals surface area contributed by atoms with Crippen molar-refractivity contribution in [2.45, 2.75) is 57.3 Å². The van der Waals surface area contributed by atoms with Crippen molar-refractivity contribution in [1.82, 2.24) is 15.2 Å². The van der Waals surface area contributed by atoms with Crippen molar-refractivity contribution in [3.05, 3.63) is 53.8 Å². The Morgan fingerprint density at radius 3 is 2.63 bits per heavy atom. The van der Waals surface area contributed by atoms with Crippen LogP contribution in [-0.4, -0.2) is 33.9 Å². The third-order valence-corrected chi connectivity index (χ3v) is 7.01. The Morgan fingerprint density at radius 1 is 1.20 bits per heavy atom. The minimum Gasteiger partial charge on any atom is -0.431 e. The fraction of sp³-hybridized carbons (Fsp3) is 0.391. The first-order chi connectivity index (χ1) is 14.5. The first-order valence-corrected chi connectivity index (χ1v) is 11.2. The van der Waals surface area contributed by atoms with Crippen LogP contribution in [0.1, 0.15) is 38.2 Å². The molecule has 5 rings (SSSR count). The van der Waals surface area contributed by atoms with E-state index in [2.05, 4.69) is 27.3 Å². The molecule has 7 heteroatoms. The molecule has 2 bridgehead atoms. The molecule has 0 aliphatic carbocycles. The average Bonchev–Trinajstić information content (AvgIpc) is 3.19.